The van der Waals surface area contributed by atoms with Crippen molar-refractivity contribution in [3.05, 3.63) is 131 Å². The smallest absolute Gasteiger partial charge is 0.234 e. The molecule has 1 heterocycles. The summed E-state index contributed by atoms with van der Waals surface area (Å²) in [6, 6.07) is 31.5. The lowest BCUT2D eigenvalue weighted by Gasteiger charge is -2.18. The van der Waals surface area contributed by atoms with Crippen molar-refractivity contribution in [3.63, 3.8) is 0 Å². The van der Waals surface area contributed by atoms with E-state index >= 15 is 0 Å². The largest absolute Gasteiger partial charge is 0.325 e. The number of ketones is 2. The van der Waals surface area contributed by atoms with Crippen molar-refractivity contribution >= 4 is 46.7 Å². The molecule has 0 bridgehead atoms. The van der Waals surface area contributed by atoms with Crippen LogP contribution in [0.15, 0.2) is 113 Å². The molecule has 196 valence electrons. The van der Waals surface area contributed by atoms with Gasteiger partial charge < -0.3 is 5.32 Å². The number of hydrogen-bond donors (Lipinski definition) is 1. The highest BCUT2D eigenvalue weighted by molar-refractivity contribution is 7.99. The SMILES string of the molecule is O=C(CSc1nnc(CSc2ccccc2)n1-c1ccccc1)Nc1ccc2c(c1)C(=O)c1ccccc1C2=O. The topological polar surface area (TPSA) is 93.9 Å². The molecule has 0 fully saturated rings. The summed E-state index contributed by atoms with van der Waals surface area (Å²) in [4.78, 5) is 39.9. The van der Waals surface area contributed by atoms with Crippen molar-refractivity contribution in [3.8, 4) is 5.69 Å². The third-order valence-corrected chi connectivity index (χ3v) is 8.30. The summed E-state index contributed by atoms with van der Waals surface area (Å²) in [7, 11) is 0. The monoisotopic (exact) mass is 562 g/mol. The third kappa shape index (κ3) is 5.21. The number of fused-ring (bicyclic) bond motifs is 2. The zero-order valence-corrected chi connectivity index (χ0v) is 22.7. The Balaban J connectivity index is 1.17. The van der Waals surface area contributed by atoms with E-state index in [4.69, 9.17) is 0 Å². The van der Waals surface area contributed by atoms with E-state index < -0.39 is 0 Å². The molecule has 1 aromatic heterocycles. The van der Waals surface area contributed by atoms with Crippen molar-refractivity contribution in [1.29, 1.82) is 0 Å². The Kier molecular flexibility index (Phi) is 7.31. The molecule has 1 aliphatic carbocycles. The summed E-state index contributed by atoms with van der Waals surface area (Å²) in [5.74, 6) is 0.796. The number of nitrogens with one attached hydrogen (secondary N) is 1. The van der Waals surface area contributed by atoms with E-state index in [1.165, 1.54) is 11.8 Å². The summed E-state index contributed by atoms with van der Waals surface area (Å²) in [6.07, 6.45) is 0. The zero-order chi connectivity index (χ0) is 27.5. The van der Waals surface area contributed by atoms with Gasteiger partial charge in [-0.05, 0) is 42.5 Å². The maximum atomic E-state index is 13.0. The average molecular weight is 563 g/mol. The number of amides is 1. The number of hydrogen-bond acceptors (Lipinski definition) is 7. The van der Waals surface area contributed by atoms with E-state index in [0.29, 0.717) is 38.9 Å². The first-order valence-corrected chi connectivity index (χ1v) is 14.5. The Bertz CT molecular complexity index is 1740. The number of aromatic nitrogens is 3. The van der Waals surface area contributed by atoms with Gasteiger partial charge in [-0.1, -0.05) is 72.4 Å². The molecule has 4 aromatic carbocycles. The maximum absolute atomic E-state index is 13.0. The molecule has 1 N–H and O–H groups in total. The molecule has 7 nitrogen and oxygen atoms in total. The molecular formula is C31H22N4O3S2. The van der Waals surface area contributed by atoms with Crippen molar-refractivity contribution in [2.75, 3.05) is 11.1 Å². The second kappa shape index (κ2) is 11.3. The molecule has 1 aliphatic rings. The molecule has 1 amide bonds. The molecule has 0 unspecified atom stereocenters. The predicted octanol–water partition coefficient (Wildman–Crippen LogP) is 6.07. The van der Waals surface area contributed by atoms with Crippen LogP contribution in [-0.2, 0) is 10.5 Å². The van der Waals surface area contributed by atoms with Crippen molar-refractivity contribution in [1.82, 2.24) is 14.8 Å². The standard InChI is InChI=1S/C31H22N4O3S2/c36-28(32-20-15-16-25-26(17-20)30(38)24-14-8-7-13-23(24)29(25)37)19-40-31-34-33-27(18-39-22-11-5-2-6-12-22)35(31)21-9-3-1-4-10-21/h1-17H,18-19H2,(H,32,36). The van der Waals surface area contributed by atoms with E-state index in [0.717, 1.165) is 16.4 Å². The fraction of sp³-hybridized carbons (Fsp3) is 0.0645. The number of benzene rings is 4. The van der Waals surface area contributed by atoms with Crippen LogP contribution >= 0.6 is 23.5 Å². The summed E-state index contributed by atoms with van der Waals surface area (Å²) in [6.45, 7) is 0. The highest BCUT2D eigenvalue weighted by Crippen LogP contribution is 2.30. The Labute approximate surface area is 239 Å². The number of rotatable bonds is 8. The van der Waals surface area contributed by atoms with Gasteiger partial charge in [0, 0.05) is 38.5 Å². The minimum atomic E-state index is -0.261. The summed E-state index contributed by atoms with van der Waals surface area (Å²) >= 11 is 2.94. The molecule has 6 rings (SSSR count). The number of para-hydroxylation sites is 1. The fourth-order valence-corrected chi connectivity index (χ4v) is 6.10. The van der Waals surface area contributed by atoms with Gasteiger partial charge in [0.15, 0.2) is 16.7 Å². The van der Waals surface area contributed by atoms with E-state index in [1.54, 1.807) is 54.2 Å². The second-order valence-electron chi connectivity index (χ2n) is 8.97. The van der Waals surface area contributed by atoms with Crippen LogP contribution in [0.3, 0.4) is 0 Å². The molecule has 0 atom stereocenters. The highest BCUT2D eigenvalue weighted by Gasteiger charge is 2.29. The number of nitrogens with zero attached hydrogens (tertiary/aromatic N) is 3. The lowest BCUT2D eigenvalue weighted by Crippen LogP contribution is -2.21. The predicted molar refractivity (Wildman–Crippen MR) is 156 cm³/mol. The van der Waals surface area contributed by atoms with Gasteiger partial charge in [0.05, 0.1) is 11.5 Å². The second-order valence-corrected chi connectivity index (χ2v) is 11.0. The molecular weight excluding hydrogens is 541 g/mol. The summed E-state index contributed by atoms with van der Waals surface area (Å²) in [5, 5.41) is 12.3. The Morgan fingerprint density at radius 1 is 0.700 bits per heavy atom. The molecule has 0 saturated carbocycles. The van der Waals surface area contributed by atoms with Crippen LogP contribution in [0, 0.1) is 0 Å². The lowest BCUT2D eigenvalue weighted by atomic mass is 9.84. The number of thioether (sulfide) groups is 2. The average Bonchev–Trinajstić information content (AvgIpc) is 3.41. The normalized spacial score (nSPS) is 12.1. The van der Waals surface area contributed by atoms with Crippen LogP contribution in [-0.4, -0.2) is 38.0 Å². The summed E-state index contributed by atoms with van der Waals surface area (Å²) in [5.41, 5.74) is 2.77. The zero-order valence-electron chi connectivity index (χ0n) is 21.1. The third-order valence-electron chi connectivity index (χ3n) is 6.37. The molecule has 5 aromatic rings. The van der Waals surface area contributed by atoms with Crippen LogP contribution in [0.25, 0.3) is 5.69 Å². The van der Waals surface area contributed by atoms with Gasteiger partial charge in [0.25, 0.3) is 0 Å². The van der Waals surface area contributed by atoms with Gasteiger partial charge in [-0.3, -0.25) is 19.0 Å². The number of anilines is 1. The quantitative estimate of drug-likeness (QED) is 0.225. The van der Waals surface area contributed by atoms with E-state index in [-0.39, 0.29) is 23.2 Å². The van der Waals surface area contributed by atoms with E-state index in [9.17, 15) is 14.4 Å². The minimum absolute atomic E-state index is 0.0869. The van der Waals surface area contributed by atoms with Crippen LogP contribution in [0.5, 0.6) is 0 Å². The Hall–Kier alpha value is -4.47. The van der Waals surface area contributed by atoms with Crippen molar-refractivity contribution in [2.24, 2.45) is 0 Å². The maximum Gasteiger partial charge on any atom is 0.234 e. The van der Waals surface area contributed by atoms with Crippen LogP contribution < -0.4 is 5.32 Å². The van der Waals surface area contributed by atoms with Gasteiger partial charge >= 0.3 is 0 Å². The number of carbonyl (C=O) groups is 3. The molecule has 0 spiro atoms. The number of carbonyl (C=O) groups excluding carboxylic acids is 3. The molecule has 0 aliphatic heterocycles. The lowest BCUT2D eigenvalue weighted by molar-refractivity contribution is -0.113. The van der Waals surface area contributed by atoms with Crippen LogP contribution in [0.4, 0.5) is 5.69 Å². The fourth-order valence-electron chi connectivity index (χ4n) is 4.49. The molecule has 40 heavy (non-hydrogen) atoms. The first kappa shape index (κ1) is 25.8. The first-order valence-electron chi connectivity index (χ1n) is 12.5. The molecule has 0 radical (unpaired) electrons. The first-order chi connectivity index (χ1) is 19.6. The van der Waals surface area contributed by atoms with Crippen LogP contribution in [0.2, 0.25) is 0 Å². The molecule has 0 saturated heterocycles. The van der Waals surface area contributed by atoms with Gasteiger partial charge in [-0.15, -0.1) is 22.0 Å². The van der Waals surface area contributed by atoms with Gasteiger partial charge in [-0.2, -0.15) is 0 Å². The van der Waals surface area contributed by atoms with E-state index in [2.05, 4.69) is 27.6 Å². The van der Waals surface area contributed by atoms with Crippen LogP contribution in [0.1, 0.15) is 37.7 Å². The summed E-state index contributed by atoms with van der Waals surface area (Å²) < 4.78 is 1.97. The minimum Gasteiger partial charge on any atom is -0.325 e. The molecule has 9 heteroatoms. The van der Waals surface area contributed by atoms with Gasteiger partial charge in [0.2, 0.25) is 5.91 Å². The Morgan fingerprint density at radius 2 is 1.32 bits per heavy atom. The Morgan fingerprint density at radius 3 is 2.05 bits per heavy atom. The highest BCUT2D eigenvalue weighted by atomic mass is 32.2. The van der Waals surface area contributed by atoms with Crippen molar-refractivity contribution < 1.29 is 14.4 Å². The van der Waals surface area contributed by atoms with Gasteiger partial charge in [0.1, 0.15) is 5.82 Å². The van der Waals surface area contributed by atoms with E-state index in [1.807, 2.05) is 53.1 Å². The van der Waals surface area contributed by atoms with Gasteiger partial charge in [-0.25, -0.2) is 0 Å². The van der Waals surface area contributed by atoms with Crippen molar-refractivity contribution in [2.45, 2.75) is 15.8 Å².